The molecule has 1 aliphatic rings. The third-order valence-electron chi connectivity index (χ3n) is 2.83. The lowest BCUT2D eigenvalue weighted by Gasteiger charge is -2.29. The van der Waals surface area contributed by atoms with Crippen molar-refractivity contribution >= 4 is 5.69 Å². The molecule has 0 unspecified atom stereocenters. The molecule has 14 heavy (non-hydrogen) atoms. The van der Waals surface area contributed by atoms with Gasteiger partial charge in [-0.1, -0.05) is 6.92 Å². The SMILES string of the molecule is CCc1c(N2CCNCC2)cnn1C. The number of rotatable bonds is 2. The van der Waals surface area contributed by atoms with Crippen molar-refractivity contribution in [2.45, 2.75) is 13.3 Å². The Bertz CT molecular complexity index is 299. The third kappa shape index (κ3) is 1.62. The van der Waals surface area contributed by atoms with Crippen LogP contribution in [0.25, 0.3) is 0 Å². The van der Waals surface area contributed by atoms with Crippen LogP contribution in [0.15, 0.2) is 6.20 Å². The smallest absolute Gasteiger partial charge is 0.0785 e. The van der Waals surface area contributed by atoms with E-state index in [1.54, 1.807) is 0 Å². The molecular weight excluding hydrogens is 176 g/mol. The maximum Gasteiger partial charge on any atom is 0.0785 e. The molecule has 0 aliphatic carbocycles. The van der Waals surface area contributed by atoms with Gasteiger partial charge < -0.3 is 10.2 Å². The van der Waals surface area contributed by atoms with Crippen molar-refractivity contribution in [2.75, 3.05) is 31.1 Å². The molecule has 78 valence electrons. The quantitative estimate of drug-likeness (QED) is 0.739. The highest BCUT2D eigenvalue weighted by molar-refractivity contribution is 5.50. The van der Waals surface area contributed by atoms with E-state index >= 15 is 0 Å². The molecule has 1 aromatic heterocycles. The maximum atomic E-state index is 4.32. The predicted molar refractivity (Wildman–Crippen MR) is 57.7 cm³/mol. The van der Waals surface area contributed by atoms with Crippen molar-refractivity contribution in [3.63, 3.8) is 0 Å². The molecule has 0 radical (unpaired) electrons. The molecule has 1 aromatic rings. The number of nitrogens with one attached hydrogen (secondary N) is 1. The van der Waals surface area contributed by atoms with Gasteiger partial charge in [-0.05, 0) is 6.42 Å². The Kier molecular flexibility index (Phi) is 2.72. The van der Waals surface area contributed by atoms with Gasteiger partial charge in [-0.2, -0.15) is 5.10 Å². The van der Waals surface area contributed by atoms with E-state index in [-0.39, 0.29) is 0 Å². The second-order valence-electron chi connectivity index (χ2n) is 3.69. The van der Waals surface area contributed by atoms with Crippen LogP contribution in [-0.4, -0.2) is 36.0 Å². The lowest BCUT2D eigenvalue weighted by Crippen LogP contribution is -2.43. The summed E-state index contributed by atoms with van der Waals surface area (Å²) in [6.07, 6.45) is 3.04. The molecule has 1 saturated heterocycles. The van der Waals surface area contributed by atoms with Gasteiger partial charge in [0.25, 0.3) is 0 Å². The summed E-state index contributed by atoms with van der Waals surface area (Å²) in [4.78, 5) is 2.42. The second kappa shape index (κ2) is 4.00. The number of hydrogen-bond donors (Lipinski definition) is 1. The molecule has 4 heteroatoms. The molecule has 1 fully saturated rings. The van der Waals surface area contributed by atoms with Crippen molar-refractivity contribution < 1.29 is 0 Å². The fraction of sp³-hybridized carbons (Fsp3) is 0.700. The number of anilines is 1. The van der Waals surface area contributed by atoms with E-state index in [1.165, 1.54) is 11.4 Å². The average molecular weight is 194 g/mol. The van der Waals surface area contributed by atoms with E-state index in [4.69, 9.17) is 0 Å². The van der Waals surface area contributed by atoms with E-state index in [9.17, 15) is 0 Å². The van der Waals surface area contributed by atoms with Crippen LogP contribution in [0, 0.1) is 0 Å². The van der Waals surface area contributed by atoms with Crippen LogP contribution >= 0.6 is 0 Å². The fourth-order valence-corrected chi connectivity index (χ4v) is 2.03. The first-order chi connectivity index (χ1) is 6.83. The van der Waals surface area contributed by atoms with E-state index in [0.29, 0.717) is 0 Å². The van der Waals surface area contributed by atoms with Gasteiger partial charge in [0.15, 0.2) is 0 Å². The van der Waals surface area contributed by atoms with Crippen LogP contribution in [-0.2, 0) is 13.5 Å². The largest absolute Gasteiger partial charge is 0.366 e. The second-order valence-corrected chi connectivity index (χ2v) is 3.69. The molecule has 0 spiro atoms. The molecule has 1 N–H and O–H groups in total. The van der Waals surface area contributed by atoms with Crippen molar-refractivity contribution in [3.05, 3.63) is 11.9 Å². The zero-order valence-corrected chi connectivity index (χ0v) is 8.95. The zero-order chi connectivity index (χ0) is 9.97. The van der Waals surface area contributed by atoms with Gasteiger partial charge >= 0.3 is 0 Å². The monoisotopic (exact) mass is 194 g/mol. The highest BCUT2D eigenvalue weighted by Crippen LogP contribution is 2.20. The summed E-state index contributed by atoms with van der Waals surface area (Å²) in [6.45, 7) is 6.54. The van der Waals surface area contributed by atoms with Crippen molar-refractivity contribution in [1.29, 1.82) is 0 Å². The summed E-state index contributed by atoms with van der Waals surface area (Å²) in [7, 11) is 2.02. The lowest BCUT2D eigenvalue weighted by atomic mass is 10.2. The third-order valence-corrected chi connectivity index (χ3v) is 2.83. The normalized spacial score (nSPS) is 17.4. The minimum Gasteiger partial charge on any atom is -0.366 e. The van der Waals surface area contributed by atoms with Gasteiger partial charge in [-0.15, -0.1) is 0 Å². The topological polar surface area (TPSA) is 33.1 Å². The highest BCUT2D eigenvalue weighted by atomic mass is 15.3. The van der Waals surface area contributed by atoms with Gasteiger partial charge in [0, 0.05) is 33.2 Å². The molecule has 0 amide bonds. The van der Waals surface area contributed by atoms with Crippen LogP contribution in [0.1, 0.15) is 12.6 Å². The summed E-state index contributed by atoms with van der Waals surface area (Å²) >= 11 is 0. The Hall–Kier alpha value is -1.03. The van der Waals surface area contributed by atoms with Crippen LogP contribution in [0.5, 0.6) is 0 Å². The summed E-state index contributed by atoms with van der Waals surface area (Å²) in [5.41, 5.74) is 2.66. The van der Waals surface area contributed by atoms with Crippen LogP contribution in [0.3, 0.4) is 0 Å². The number of aryl methyl sites for hydroxylation is 1. The van der Waals surface area contributed by atoms with Gasteiger partial charge in [0.05, 0.1) is 17.6 Å². The first-order valence-electron chi connectivity index (χ1n) is 5.29. The number of piperazine rings is 1. The van der Waals surface area contributed by atoms with Gasteiger partial charge in [-0.25, -0.2) is 0 Å². The summed E-state index contributed by atoms with van der Waals surface area (Å²) in [5.74, 6) is 0. The summed E-state index contributed by atoms with van der Waals surface area (Å²) < 4.78 is 1.98. The van der Waals surface area contributed by atoms with Crippen molar-refractivity contribution in [3.8, 4) is 0 Å². The van der Waals surface area contributed by atoms with E-state index in [2.05, 4.69) is 22.2 Å². The molecule has 2 heterocycles. The van der Waals surface area contributed by atoms with Crippen LogP contribution in [0.4, 0.5) is 5.69 Å². The molecule has 4 nitrogen and oxygen atoms in total. The van der Waals surface area contributed by atoms with Gasteiger partial charge in [0.1, 0.15) is 0 Å². The van der Waals surface area contributed by atoms with Crippen LogP contribution in [0.2, 0.25) is 0 Å². The molecule has 0 aromatic carbocycles. The average Bonchev–Trinajstić information content (AvgIpc) is 2.61. The first-order valence-corrected chi connectivity index (χ1v) is 5.29. The van der Waals surface area contributed by atoms with Gasteiger partial charge in [0.2, 0.25) is 0 Å². The number of aromatic nitrogens is 2. The number of nitrogens with zero attached hydrogens (tertiary/aromatic N) is 3. The minimum absolute atomic E-state index is 1.05. The zero-order valence-electron chi connectivity index (χ0n) is 8.95. The van der Waals surface area contributed by atoms with E-state index < -0.39 is 0 Å². The molecule has 2 rings (SSSR count). The Labute approximate surface area is 84.9 Å². The predicted octanol–water partition coefficient (Wildman–Crippen LogP) is 0.392. The molecule has 0 saturated carbocycles. The van der Waals surface area contributed by atoms with Gasteiger partial charge in [-0.3, -0.25) is 4.68 Å². The molecule has 0 atom stereocenters. The number of hydrogen-bond acceptors (Lipinski definition) is 3. The fourth-order valence-electron chi connectivity index (χ4n) is 2.03. The van der Waals surface area contributed by atoms with E-state index in [0.717, 1.165) is 32.6 Å². The first kappa shape index (κ1) is 9.52. The maximum absolute atomic E-state index is 4.32. The lowest BCUT2D eigenvalue weighted by molar-refractivity contribution is 0.587. The highest BCUT2D eigenvalue weighted by Gasteiger charge is 2.15. The Balaban J connectivity index is 2.21. The molecule has 0 bridgehead atoms. The molecular formula is C10H18N4. The minimum atomic E-state index is 1.05. The Morgan fingerprint density at radius 2 is 2.14 bits per heavy atom. The Morgan fingerprint density at radius 1 is 1.43 bits per heavy atom. The van der Waals surface area contributed by atoms with E-state index in [1.807, 2.05) is 17.9 Å². The molecule has 1 aliphatic heterocycles. The Morgan fingerprint density at radius 3 is 2.79 bits per heavy atom. The summed E-state index contributed by atoms with van der Waals surface area (Å²) in [6, 6.07) is 0. The summed E-state index contributed by atoms with van der Waals surface area (Å²) in [5, 5.41) is 7.68. The van der Waals surface area contributed by atoms with Crippen molar-refractivity contribution in [2.24, 2.45) is 7.05 Å². The van der Waals surface area contributed by atoms with Crippen LogP contribution < -0.4 is 10.2 Å². The van der Waals surface area contributed by atoms with Crippen molar-refractivity contribution in [1.82, 2.24) is 15.1 Å². The standard InChI is InChI=1S/C10H18N4/c1-3-9-10(8-12-13(9)2)14-6-4-11-5-7-14/h8,11H,3-7H2,1-2H3.